The molecule has 3 nitrogen and oxygen atoms in total. The smallest absolute Gasteiger partial charge is 0.104 e. The van der Waals surface area contributed by atoms with E-state index in [-0.39, 0.29) is 0 Å². The summed E-state index contributed by atoms with van der Waals surface area (Å²) in [6.07, 6.45) is 0. The summed E-state index contributed by atoms with van der Waals surface area (Å²) in [5, 5.41) is 0. The first kappa shape index (κ1) is 10.7. The molecule has 2 aromatic rings. The molecule has 0 aliphatic carbocycles. The maximum Gasteiger partial charge on any atom is 0.104 e. The van der Waals surface area contributed by atoms with Crippen molar-refractivity contribution in [2.75, 3.05) is 0 Å². The van der Waals surface area contributed by atoms with Gasteiger partial charge in [0, 0.05) is 0 Å². The molecule has 5 heteroatoms. The van der Waals surface area contributed by atoms with Crippen LogP contribution in [-0.2, 0) is 20.5 Å². The number of hydrogen-bond acceptors (Lipinski definition) is 3. The molecule has 2 aromatic carbocycles. The molecule has 86 valence electrons. The Hall–Kier alpha value is -1.46. The Bertz CT molecular complexity index is 680. The van der Waals surface area contributed by atoms with Gasteiger partial charge in [0.15, 0.2) is 0 Å². The Morgan fingerprint density at radius 1 is 0.882 bits per heavy atom. The van der Waals surface area contributed by atoms with Crippen LogP contribution in [0.25, 0.3) is 0 Å². The minimum Gasteiger partial charge on any atom is -0.249 e. The van der Waals surface area contributed by atoms with Crippen LogP contribution in [0.5, 0.6) is 0 Å². The van der Waals surface area contributed by atoms with Crippen molar-refractivity contribution in [2.45, 2.75) is 19.6 Å². The molecule has 0 fully saturated rings. The maximum absolute atomic E-state index is 12.5. The summed E-state index contributed by atoms with van der Waals surface area (Å²) in [6.45, 7) is 0. The van der Waals surface area contributed by atoms with Crippen LogP contribution in [0.15, 0.2) is 68.1 Å². The van der Waals surface area contributed by atoms with Crippen molar-refractivity contribution in [3.63, 3.8) is 0 Å². The highest BCUT2D eigenvalue weighted by molar-refractivity contribution is 7.95. The van der Waals surface area contributed by atoms with Crippen molar-refractivity contribution in [3.05, 3.63) is 48.5 Å². The summed E-state index contributed by atoms with van der Waals surface area (Å²) in [5.41, 5.74) is 0. The highest BCUT2D eigenvalue weighted by Crippen LogP contribution is 2.37. The van der Waals surface area contributed by atoms with Crippen molar-refractivity contribution < 1.29 is 8.42 Å². The van der Waals surface area contributed by atoms with Crippen LogP contribution in [0.4, 0.5) is 0 Å². The molecular weight excluding hydrogens is 254 g/mol. The van der Waals surface area contributed by atoms with E-state index in [0.717, 1.165) is 0 Å². The molecule has 1 N–H and O–H groups in total. The topological polar surface area (TPSA) is 58.0 Å². The van der Waals surface area contributed by atoms with Gasteiger partial charge < -0.3 is 0 Å². The van der Waals surface area contributed by atoms with E-state index >= 15 is 0 Å². The molecule has 3 rings (SSSR count). The third kappa shape index (κ3) is 1.39. The van der Waals surface area contributed by atoms with Gasteiger partial charge in [-0.25, -0.2) is 13.2 Å². The molecule has 0 saturated heterocycles. The second-order valence-electron chi connectivity index (χ2n) is 3.72. The molecule has 0 saturated carbocycles. The van der Waals surface area contributed by atoms with Crippen LogP contribution in [-0.4, -0.2) is 8.42 Å². The van der Waals surface area contributed by atoms with Gasteiger partial charge in [0.1, 0.15) is 9.73 Å². The Morgan fingerprint density at radius 2 is 1.29 bits per heavy atom. The van der Waals surface area contributed by atoms with Crippen molar-refractivity contribution in [3.8, 4) is 0 Å². The van der Waals surface area contributed by atoms with Crippen LogP contribution in [0.1, 0.15) is 0 Å². The fourth-order valence-electron chi connectivity index (χ4n) is 1.92. The van der Waals surface area contributed by atoms with Crippen molar-refractivity contribution in [1.29, 1.82) is 4.78 Å². The highest BCUT2D eigenvalue weighted by atomic mass is 32.2. The summed E-state index contributed by atoms with van der Waals surface area (Å²) in [5.74, 6) is 0. The Balaban J connectivity index is 2.47. The zero-order valence-electron chi connectivity index (χ0n) is 8.75. The lowest BCUT2D eigenvalue weighted by atomic mass is 10.3. The standard InChI is InChI=1S/C12H9NO2S2/c13-17(15)11-7-3-1-5-9(11)16(14)10-6-2-4-8-12(10)17/h1-8,13H. The third-order valence-electron chi connectivity index (χ3n) is 2.72. The van der Waals surface area contributed by atoms with E-state index in [2.05, 4.69) is 0 Å². The molecule has 0 unspecified atom stereocenters. The lowest BCUT2D eigenvalue weighted by Gasteiger charge is -2.20. The lowest BCUT2D eigenvalue weighted by molar-refractivity contribution is 0.659. The van der Waals surface area contributed by atoms with Gasteiger partial charge in [0.05, 0.1) is 30.4 Å². The molecule has 1 aliphatic rings. The molecule has 1 aliphatic heterocycles. The minimum absolute atomic E-state index is 0.372. The monoisotopic (exact) mass is 263 g/mol. The number of nitrogens with one attached hydrogen (secondary N) is 1. The fraction of sp³-hybridized carbons (Fsp3) is 0. The first-order valence-corrected chi connectivity index (χ1v) is 7.72. The predicted octanol–water partition coefficient (Wildman–Crippen LogP) is 2.63. The van der Waals surface area contributed by atoms with Gasteiger partial charge in [0.2, 0.25) is 0 Å². The van der Waals surface area contributed by atoms with Gasteiger partial charge in [-0.3, -0.25) is 0 Å². The number of rotatable bonds is 0. The molecule has 1 heterocycles. The maximum atomic E-state index is 12.5. The molecule has 0 radical (unpaired) electrons. The van der Waals surface area contributed by atoms with Crippen LogP contribution < -0.4 is 0 Å². The first-order valence-electron chi connectivity index (χ1n) is 5.01. The Kier molecular flexibility index (Phi) is 2.21. The van der Waals surface area contributed by atoms with Crippen LogP contribution >= 0.6 is 0 Å². The molecule has 0 bridgehead atoms. The van der Waals surface area contributed by atoms with E-state index in [9.17, 15) is 8.42 Å². The summed E-state index contributed by atoms with van der Waals surface area (Å²) in [7, 11) is -4.36. The molecule has 0 spiro atoms. The summed E-state index contributed by atoms with van der Waals surface area (Å²) >= 11 is 0. The average Bonchev–Trinajstić information content (AvgIpc) is 2.37. The van der Waals surface area contributed by atoms with E-state index in [1.807, 2.05) is 0 Å². The van der Waals surface area contributed by atoms with E-state index in [0.29, 0.717) is 19.6 Å². The lowest BCUT2D eigenvalue weighted by Crippen LogP contribution is -2.14. The Labute approximate surface area is 102 Å². The van der Waals surface area contributed by atoms with Gasteiger partial charge in [-0.15, -0.1) is 0 Å². The van der Waals surface area contributed by atoms with Gasteiger partial charge in [-0.1, -0.05) is 24.3 Å². The number of fused-ring (bicyclic) bond motifs is 2. The predicted molar refractivity (Wildman–Crippen MR) is 65.0 cm³/mol. The molecule has 0 aromatic heterocycles. The fourth-order valence-corrected chi connectivity index (χ4v) is 5.70. The molecular formula is C12H9NO2S2. The second-order valence-corrected chi connectivity index (χ2v) is 7.13. The minimum atomic E-state index is -3.03. The number of benzene rings is 2. The first-order chi connectivity index (χ1) is 8.12. The normalized spacial score (nSPS) is 26.0. The highest BCUT2D eigenvalue weighted by Gasteiger charge is 2.30. The van der Waals surface area contributed by atoms with Gasteiger partial charge >= 0.3 is 0 Å². The Morgan fingerprint density at radius 3 is 1.76 bits per heavy atom. The average molecular weight is 263 g/mol. The summed E-state index contributed by atoms with van der Waals surface area (Å²) in [4.78, 5) is 1.73. The third-order valence-corrected chi connectivity index (χ3v) is 6.44. The van der Waals surface area contributed by atoms with Crippen molar-refractivity contribution >= 4 is 20.5 Å². The molecule has 0 amide bonds. The van der Waals surface area contributed by atoms with Crippen LogP contribution in [0.3, 0.4) is 0 Å². The van der Waals surface area contributed by atoms with Crippen LogP contribution in [0.2, 0.25) is 0 Å². The summed E-state index contributed by atoms with van der Waals surface area (Å²) in [6, 6.07) is 13.5. The zero-order chi connectivity index (χ0) is 12.0. The molecule has 17 heavy (non-hydrogen) atoms. The van der Waals surface area contributed by atoms with Crippen molar-refractivity contribution in [1.82, 2.24) is 0 Å². The van der Waals surface area contributed by atoms with E-state index in [4.69, 9.17) is 4.78 Å². The van der Waals surface area contributed by atoms with E-state index < -0.39 is 20.5 Å². The quantitative estimate of drug-likeness (QED) is 0.678. The van der Waals surface area contributed by atoms with Crippen molar-refractivity contribution in [2.24, 2.45) is 0 Å². The van der Waals surface area contributed by atoms with Gasteiger partial charge in [0.25, 0.3) is 0 Å². The van der Waals surface area contributed by atoms with E-state index in [1.165, 1.54) is 0 Å². The largest absolute Gasteiger partial charge is 0.249 e. The van der Waals surface area contributed by atoms with E-state index in [1.54, 1.807) is 48.5 Å². The number of hydrogen-bond donors (Lipinski definition) is 1. The zero-order valence-corrected chi connectivity index (χ0v) is 10.4. The SMILES string of the molecule is N=S1(=O)c2ccccc2S(=O)c2ccccc21. The van der Waals surface area contributed by atoms with Gasteiger partial charge in [-0.2, -0.15) is 0 Å². The molecule has 0 atom stereocenters. The summed E-state index contributed by atoms with van der Waals surface area (Å²) < 4.78 is 32.9. The van der Waals surface area contributed by atoms with Gasteiger partial charge in [-0.05, 0) is 24.3 Å². The second kappa shape index (κ2) is 3.51. The van der Waals surface area contributed by atoms with Crippen LogP contribution in [0, 0.1) is 4.78 Å².